The highest BCUT2D eigenvalue weighted by Gasteiger charge is 2.19. The number of hydrogen-bond acceptors (Lipinski definition) is 5. The topological polar surface area (TPSA) is 64.6 Å². The molecule has 0 aliphatic carbocycles. The molecule has 6 heteroatoms. The van der Waals surface area contributed by atoms with E-state index in [-0.39, 0.29) is 5.91 Å². The number of hydrogen-bond donors (Lipinski definition) is 1. The molecule has 0 saturated carbocycles. The van der Waals surface area contributed by atoms with Crippen LogP contribution < -0.4 is 10.1 Å². The summed E-state index contributed by atoms with van der Waals surface area (Å²) in [6.07, 6.45) is 4.91. The van der Waals surface area contributed by atoms with Crippen LogP contribution >= 0.6 is 11.8 Å². The molecule has 1 aromatic rings. The fourth-order valence-electron chi connectivity index (χ4n) is 1.58. The van der Waals surface area contributed by atoms with E-state index in [1.807, 2.05) is 30.5 Å². The highest BCUT2D eigenvalue weighted by atomic mass is 32.2. The Morgan fingerprint density at radius 2 is 1.95 bits per heavy atom. The standard InChI is InChI=1S/C15H19NO4S/c1-19-12-7-4-11(5-8-12)6-9-14(17)16-13(10-21-3)15(18)20-2/h4-9,13H,10H2,1-3H3,(H,16,17)/b9-6+/t13-/m0/s1. The van der Waals surface area contributed by atoms with Gasteiger partial charge in [-0.05, 0) is 30.0 Å². The molecule has 1 N–H and O–H groups in total. The fraction of sp³-hybridized carbons (Fsp3) is 0.333. The Morgan fingerprint density at radius 3 is 2.48 bits per heavy atom. The second kappa shape index (κ2) is 9.07. The molecule has 21 heavy (non-hydrogen) atoms. The molecule has 114 valence electrons. The number of benzene rings is 1. The van der Waals surface area contributed by atoms with Crippen LogP contribution in [-0.4, -0.2) is 44.1 Å². The molecule has 1 amide bonds. The maximum atomic E-state index is 11.8. The minimum absolute atomic E-state index is 0.338. The lowest BCUT2D eigenvalue weighted by Gasteiger charge is -2.13. The van der Waals surface area contributed by atoms with Gasteiger partial charge in [-0.25, -0.2) is 4.79 Å². The van der Waals surface area contributed by atoms with Gasteiger partial charge in [-0.2, -0.15) is 11.8 Å². The van der Waals surface area contributed by atoms with Crippen LogP contribution in [-0.2, 0) is 14.3 Å². The zero-order valence-electron chi connectivity index (χ0n) is 12.3. The summed E-state index contributed by atoms with van der Waals surface area (Å²) in [4.78, 5) is 23.3. The first-order valence-electron chi connectivity index (χ1n) is 6.30. The van der Waals surface area contributed by atoms with E-state index in [2.05, 4.69) is 10.1 Å². The predicted molar refractivity (Wildman–Crippen MR) is 84.4 cm³/mol. The molecule has 0 radical (unpaired) electrons. The molecule has 0 aliphatic heterocycles. The number of esters is 1. The molecule has 0 saturated heterocycles. The van der Waals surface area contributed by atoms with E-state index < -0.39 is 12.0 Å². The van der Waals surface area contributed by atoms with E-state index in [9.17, 15) is 9.59 Å². The lowest BCUT2D eigenvalue weighted by molar-refractivity contribution is -0.143. The molecule has 0 aromatic heterocycles. The Bertz CT molecular complexity index is 499. The molecule has 1 atom stereocenters. The average molecular weight is 309 g/mol. The Labute approximate surface area is 128 Å². The fourth-order valence-corrected chi connectivity index (χ4v) is 2.14. The van der Waals surface area contributed by atoms with Crippen molar-refractivity contribution < 1.29 is 19.1 Å². The van der Waals surface area contributed by atoms with Crippen LogP contribution in [0.5, 0.6) is 5.75 Å². The van der Waals surface area contributed by atoms with Gasteiger partial charge in [0.15, 0.2) is 0 Å². The lowest BCUT2D eigenvalue weighted by Crippen LogP contribution is -2.42. The zero-order chi connectivity index (χ0) is 15.7. The monoisotopic (exact) mass is 309 g/mol. The SMILES string of the molecule is COC(=O)[C@H](CSC)NC(=O)/C=C/c1ccc(OC)cc1. The first-order chi connectivity index (χ1) is 10.1. The van der Waals surface area contributed by atoms with E-state index in [0.717, 1.165) is 11.3 Å². The van der Waals surface area contributed by atoms with Gasteiger partial charge < -0.3 is 14.8 Å². The predicted octanol–water partition coefficient (Wildman–Crippen LogP) is 1.73. The normalized spacial score (nSPS) is 12.0. The first kappa shape index (κ1) is 17.1. The number of rotatable bonds is 7. The van der Waals surface area contributed by atoms with Gasteiger partial charge in [-0.15, -0.1) is 0 Å². The lowest BCUT2D eigenvalue weighted by atomic mass is 10.2. The molecular weight excluding hydrogens is 290 g/mol. The molecule has 5 nitrogen and oxygen atoms in total. The number of methoxy groups -OCH3 is 2. The molecule has 1 aromatic carbocycles. The summed E-state index contributed by atoms with van der Waals surface area (Å²) in [7, 11) is 2.89. The van der Waals surface area contributed by atoms with Crippen molar-refractivity contribution >= 4 is 29.7 Å². The van der Waals surface area contributed by atoms with Crippen LogP contribution in [0.2, 0.25) is 0 Å². The molecular formula is C15H19NO4S. The van der Waals surface area contributed by atoms with Crippen molar-refractivity contribution in [1.29, 1.82) is 0 Å². The van der Waals surface area contributed by atoms with Crippen LogP contribution in [0.15, 0.2) is 30.3 Å². The minimum atomic E-state index is -0.641. The van der Waals surface area contributed by atoms with Crippen LogP contribution in [0.3, 0.4) is 0 Å². The summed E-state index contributed by atoms with van der Waals surface area (Å²) < 4.78 is 9.71. The van der Waals surface area contributed by atoms with E-state index in [0.29, 0.717) is 5.75 Å². The molecule has 0 unspecified atom stereocenters. The van der Waals surface area contributed by atoms with Gasteiger partial charge in [0, 0.05) is 11.8 Å². The van der Waals surface area contributed by atoms with Crippen molar-refractivity contribution in [3.8, 4) is 5.75 Å². The summed E-state index contributed by atoms with van der Waals surface area (Å²) in [6.45, 7) is 0. The van der Waals surface area contributed by atoms with Gasteiger partial charge in [0.1, 0.15) is 11.8 Å². The summed E-state index contributed by atoms with van der Waals surface area (Å²) in [5.74, 6) is 0.433. The molecule has 0 spiro atoms. The van der Waals surface area contributed by atoms with E-state index in [4.69, 9.17) is 4.74 Å². The zero-order valence-corrected chi connectivity index (χ0v) is 13.1. The van der Waals surface area contributed by atoms with E-state index >= 15 is 0 Å². The Balaban J connectivity index is 2.61. The largest absolute Gasteiger partial charge is 0.497 e. The van der Waals surface area contributed by atoms with Crippen molar-refractivity contribution in [3.63, 3.8) is 0 Å². The number of ether oxygens (including phenoxy) is 2. The van der Waals surface area contributed by atoms with Crippen molar-refractivity contribution in [2.75, 3.05) is 26.2 Å². The molecule has 0 bridgehead atoms. The van der Waals surface area contributed by atoms with Crippen molar-refractivity contribution in [3.05, 3.63) is 35.9 Å². The number of nitrogens with one attached hydrogen (secondary N) is 1. The van der Waals surface area contributed by atoms with E-state index in [1.165, 1.54) is 24.9 Å². The number of amides is 1. The van der Waals surface area contributed by atoms with E-state index in [1.54, 1.807) is 13.2 Å². The summed E-state index contributed by atoms with van der Waals surface area (Å²) in [6, 6.07) is 6.65. The highest BCUT2D eigenvalue weighted by molar-refractivity contribution is 7.98. The molecule has 1 rings (SSSR count). The van der Waals surface area contributed by atoms with Crippen molar-refractivity contribution in [2.24, 2.45) is 0 Å². The van der Waals surface area contributed by atoms with Gasteiger partial charge in [0.2, 0.25) is 5.91 Å². The van der Waals surface area contributed by atoms with Crippen LogP contribution in [0.1, 0.15) is 5.56 Å². The number of carbonyl (C=O) groups excluding carboxylic acids is 2. The molecule has 0 aliphatic rings. The molecule has 0 heterocycles. The quantitative estimate of drug-likeness (QED) is 0.614. The van der Waals surface area contributed by atoms with Gasteiger partial charge in [-0.3, -0.25) is 4.79 Å². The van der Waals surface area contributed by atoms with Crippen LogP contribution in [0.25, 0.3) is 6.08 Å². The van der Waals surface area contributed by atoms with Crippen molar-refractivity contribution in [1.82, 2.24) is 5.32 Å². The first-order valence-corrected chi connectivity index (χ1v) is 7.69. The van der Waals surface area contributed by atoms with Gasteiger partial charge in [0.25, 0.3) is 0 Å². The maximum absolute atomic E-state index is 11.8. The second-order valence-electron chi connectivity index (χ2n) is 4.15. The third kappa shape index (κ3) is 5.91. The second-order valence-corrected chi connectivity index (χ2v) is 5.06. The smallest absolute Gasteiger partial charge is 0.329 e. The maximum Gasteiger partial charge on any atom is 0.329 e. The average Bonchev–Trinajstić information content (AvgIpc) is 2.52. The Hall–Kier alpha value is -1.95. The van der Waals surface area contributed by atoms with Crippen LogP contribution in [0.4, 0.5) is 0 Å². The Kier molecular flexibility index (Phi) is 7.39. The summed E-state index contributed by atoms with van der Waals surface area (Å²) in [5, 5.41) is 2.62. The van der Waals surface area contributed by atoms with Gasteiger partial charge >= 0.3 is 5.97 Å². The number of thioether (sulfide) groups is 1. The minimum Gasteiger partial charge on any atom is -0.497 e. The highest BCUT2D eigenvalue weighted by Crippen LogP contribution is 2.12. The van der Waals surface area contributed by atoms with Gasteiger partial charge in [0.05, 0.1) is 14.2 Å². The third-order valence-corrected chi connectivity index (χ3v) is 3.35. The summed E-state index contributed by atoms with van der Waals surface area (Å²) >= 11 is 1.46. The summed E-state index contributed by atoms with van der Waals surface area (Å²) in [5.41, 5.74) is 0.866. The van der Waals surface area contributed by atoms with Crippen LogP contribution in [0, 0.1) is 0 Å². The Morgan fingerprint density at radius 1 is 1.29 bits per heavy atom. The number of carbonyl (C=O) groups is 2. The molecule has 0 fully saturated rings. The third-order valence-electron chi connectivity index (χ3n) is 2.68. The van der Waals surface area contributed by atoms with Gasteiger partial charge in [-0.1, -0.05) is 12.1 Å². The van der Waals surface area contributed by atoms with Crippen molar-refractivity contribution in [2.45, 2.75) is 6.04 Å².